The van der Waals surface area contributed by atoms with Gasteiger partial charge in [0, 0.05) is 16.6 Å². The minimum atomic E-state index is -0.738. The number of nitrogens with one attached hydrogen (secondary N) is 2. The Bertz CT molecular complexity index is 1080. The summed E-state index contributed by atoms with van der Waals surface area (Å²) in [7, 11) is 0. The van der Waals surface area contributed by atoms with Gasteiger partial charge >= 0.3 is 0 Å². The molecular weight excluding hydrogens is 434 g/mol. The number of fused-ring (bicyclic) bond motifs is 1. The van der Waals surface area contributed by atoms with Gasteiger partial charge in [-0.25, -0.2) is 0 Å². The van der Waals surface area contributed by atoms with Crippen LogP contribution in [0.25, 0.3) is 10.8 Å². The lowest BCUT2D eigenvalue weighted by Gasteiger charge is -2.12. The highest BCUT2D eigenvalue weighted by Crippen LogP contribution is 2.23. The van der Waals surface area contributed by atoms with E-state index in [0.717, 1.165) is 10.8 Å². The van der Waals surface area contributed by atoms with E-state index >= 15 is 0 Å². The Morgan fingerprint density at radius 2 is 1.69 bits per heavy atom. The first kappa shape index (κ1) is 20.7. The van der Waals surface area contributed by atoms with Gasteiger partial charge in [-0.05, 0) is 54.1 Å². The molecule has 3 aromatic rings. The van der Waals surface area contributed by atoms with Crippen LogP contribution >= 0.6 is 15.9 Å². The summed E-state index contributed by atoms with van der Waals surface area (Å²) in [5.41, 5.74) is 6.24. The third-order valence-electron chi connectivity index (χ3n) is 4.36. The molecule has 0 aromatic heterocycles. The van der Waals surface area contributed by atoms with Crippen LogP contribution in [0.4, 0.5) is 5.69 Å². The van der Waals surface area contributed by atoms with E-state index in [1.165, 1.54) is 6.07 Å². The number of anilines is 1. The van der Waals surface area contributed by atoms with Crippen LogP contribution in [0.1, 0.15) is 27.1 Å². The average Bonchev–Trinajstić information content (AvgIpc) is 2.74. The highest BCUT2D eigenvalue weighted by molar-refractivity contribution is 9.10. The number of benzene rings is 3. The lowest BCUT2D eigenvalue weighted by molar-refractivity contribution is -0.117. The molecule has 0 radical (unpaired) electrons. The minimum absolute atomic E-state index is 0.110. The molecule has 6 nitrogen and oxygen atoms in total. The van der Waals surface area contributed by atoms with Crippen molar-refractivity contribution >= 4 is 50.0 Å². The fourth-order valence-corrected chi connectivity index (χ4v) is 3.21. The number of nitrogens with two attached hydrogens (primary N) is 1. The second-order valence-corrected chi connectivity index (χ2v) is 7.35. The zero-order chi connectivity index (χ0) is 20.8. The summed E-state index contributed by atoms with van der Waals surface area (Å²) in [6.07, 6.45) is 0.572. The van der Waals surface area contributed by atoms with E-state index in [4.69, 9.17) is 5.73 Å². The van der Waals surface area contributed by atoms with Crippen molar-refractivity contribution in [1.82, 2.24) is 5.32 Å². The predicted molar refractivity (Wildman–Crippen MR) is 117 cm³/mol. The molecule has 0 fully saturated rings. The van der Waals surface area contributed by atoms with Crippen molar-refractivity contribution in [2.75, 3.05) is 18.4 Å². The molecule has 0 saturated carbocycles. The molecule has 0 saturated heterocycles. The normalized spacial score (nSPS) is 10.6. The zero-order valence-electron chi connectivity index (χ0n) is 15.6. The predicted octanol–water partition coefficient (Wildman–Crippen LogP) is 3.50. The van der Waals surface area contributed by atoms with Crippen molar-refractivity contribution in [1.29, 1.82) is 0 Å². The van der Waals surface area contributed by atoms with E-state index in [2.05, 4.69) is 26.6 Å². The number of Topliss-reactive ketones (excluding diaryl/α,β-unsaturated/α-hetero) is 1. The summed E-state index contributed by atoms with van der Waals surface area (Å²) in [6.45, 7) is 0.728. The Morgan fingerprint density at radius 1 is 0.931 bits per heavy atom. The van der Waals surface area contributed by atoms with Crippen LogP contribution < -0.4 is 16.4 Å². The summed E-state index contributed by atoms with van der Waals surface area (Å²) < 4.78 is 0.624. The fourth-order valence-electron chi connectivity index (χ4n) is 2.84. The Labute approximate surface area is 176 Å². The van der Waals surface area contributed by atoms with Gasteiger partial charge in [0.2, 0.25) is 0 Å². The molecule has 148 valence electrons. The van der Waals surface area contributed by atoms with E-state index in [0.29, 0.717) is 29.5 Å². The molecule has 4 N–H and O–H groups in total. The highest BCUT2D eigenvalue weighted by Gasteiger charge is 2.21. The second-order valence-electron chi connectivity index (χ2n) is 6.43. The van der Waals surface area contributed by atoms with Crippen LogP contribution in [0, 0.1) is 0 Å². The van der Waals surface area contributed by atoms with Gasteiger partial charge in [0.25, 0.3) is 17.6 Å². The number of hydrogen-bond acceptors (Lipinski definition) is 4. The number of carbonyl (C=O) groups is 3. The van der Waals surface area contributed by atoms with E-state index < -0.39 is 11.7 Å². The van der Waals surface area contributed by atoms with Gasteiger partial charge in [-0.2, -0.15) is 0 Å². The summed E-state index contributed by atoms with van der Waals surface area (Å²) in [5, 5.41) is 7.24. The van der Waals surface area contributed by atoms with Gasteiger partial charge in [-0.1, -0.05) is 46.3 Å². The quantitative estimate of drug-likeness (QED) is 0.289. The summed E-state index contributed by atoms with van der Waals surface area (Å²) >= 11 is 3.30. The highest BCUT2D eigenvalue weighted by atomic mass is 79.9. The molecule has 0 bridgehead atoms. The molecule has 0 unspecified atom stereocenters. The van der Waals surface area contributed by atoms with Crippen LogP contribution in [0.15, 0.2) is 65.1 Å². The van der Waals surface area contributed by atoms with Crippen LogP contribution in [0.3, 0.4) is 0 Å². The van der Waals surface area contributed by atoms with Crippen LogP contribution in [-0.4, -0.2) is 30.7 Å². The lowest BCUT2D eigenvalue weighted by Crippen LogP contribution is -2.33. The number of rotatable bonds is 7. The summed E-state index contributed by atoms with van der Waals surface area (Å²) in [6, 6.07) is 17.9. The molecule has 0 heterocycles. The van der Waals surface area contributed by atoms with Crippen LogP contribution in [-0.2, 0) is 4.79 Å². The molecule has 0 aliphatic heterocycles. The van der Waals surface area contributed by atoms with Crippen molar-refractivity contribution in [3.05, 3.63) is 76.3 Å². The lowest BCUT2D eigenvalue weighted by atomic mass is 10.1. The summed E-state index contributed by atoms with van der Waals surface area (Å²) in [4.78, 5) is 37.5. The number of hydrogen-bond donors (Lipinski definition) is 3. The molecule has 29 heavy (non-hydrogen) atoms. The largest absolute Gasteiger partial charge is 0.349 e. The van der Waals surface area contributed by atoms with Crippen LogP contribution in [0.2, 0.25) is 0 Å². The average molecular weight is 454 g/mol. The maximum Gasteiger partial charge on any atom is 0.292 e. The third kappa shape index (κ3) is 5.07. The van der Waals surface area contributed by atoms with Gasteiger partial charge in [0.15, 0.2) is 0 Å². The summed E-state index contributed by atoms with van der Waals surface area (Å²) in [5.74, 6) is -1.83. The van der Waals surface area contributed by atoms with Gasteiger partial charge in [-0.3, -0.25) is 14.4 Å². The molecule has 0 aliphatic carbocycles. The van der Waals surface area contributed by atoms with E-state index in [9.17, 15) is 14.4 Å². The molecular formula is C22H20BrN3O3. The molecule has 0 spiro atoms. The van der Waals surface area contributed by atoms with E-state index in [-0.39, 0.29) is 17.2 Å². The van der Waals surface area contributed by atoms with E-state index in [1.807, 2.05) is 30.3 Å². The number of halogens is 1. The number of ketones is 1. The molecule has 3 aromatic carbocycles. The monoisotopic (exact) mass is 453 g/mol. The standard InChI is InChI=1S/C22H20BrN3O3/c23-17-8-9-19(18(13-17)20(27)22(29)25-11-3-10-24)26-21(28)16-7-6-14-4-1-2-5-15(14)12-16/h1-2,4-9,12-13H,3,10-11,24H2,(H,25,29)(H,26,28). The Hall–Kier alpha value is -3.03. The maximum absolute atomic E-state index is 12.7. The zero-order valence-corrected chi connectivity index (χ0v) is 17.2. The van der Waals surface area contributed by atoms with Gasteiger partial charge in [-0.15, -0.1) is 0 Å². The smallest absolute Gasteiger partial charge is 0.292 e. The third-order valence-corrected chi connectivity index (χ3v) is 4.85. The molecule has 2 amide bonds. The van der Waals surface area contributed by atoms with Gasteiger partial charge in [0.05, 0.1) is 11.3 Å². The maximum atomic E-state index is 12.7. The molecule has 0 atom stereocenters. The fraction of sp³-hybridized carbons (Fsp3) is 0.136. The van der Waals surface area contributed by atoms with E-state index in [1.54, 1.807) is 24.3 Å². The van der Waals surface area contributed by atoms with Crippen molar-refractivity contribution in [3.8, 4) is 0 Å². The minimum Gasteiger partial charge on any atom is -0.349 e. The molecule has 3 rings (SSSR count). The first-order valence-corrected chi connectivity index (χ1v) is 9.91. The van der Waals surface area contributed by atoms with Crippen molar-refractivity contribution in [2.24, 2.45) is 5.73 Å². The molecule has 0 aliphatic rings. The Kier molecular flexibility index (Phi) is 6.74. The van der Waals surface area contributed by atoms with Crippen molar-refractivity contribution in [2.45, 2.75) is 6.42 Å². The van der Waals surface area contributed by atoms with Crippen LogP contribution in [0.5, 0.6) is 0 Å². The number of amides is 2. The first-order chi connectivity index (χ1) is 14.0. The van der Waals surface area contributed by atoms with Gasteiger partial charge in [0.1, 0.15) is 0 Å². The van der Waals surface area contributed by atoms with Gasteiger partial charge < -0.3 is 16.4 Å². The Balaban J connectivity index is 1.83. The second kappa shape index (κ2) is 9.45. The van der Waals surface area contributed by atoms with Crippen molar-refractivity contribution in [3.63, 3.8) is 0 Å². The first-order valence-electron chi connectivity index (χ1n) is 9.12. The number of carbonyl (C=O) groups excluding carboxylic acids is 3. The van der Waals surface area contributed by atoms with Crippen molar-refractivity contribution < 1.29 is 14.4 Å². The Morgan fingerprint density at radius 3 is 2.45 bits per heavy atom. The molecule has 7 heteroatoms. The topological polar surface area (TPSA) is 101 Å². The SMILES string of the molecule is NCCCNC(=O)C(=O)c1cc(Br)ccc1NC(=O)c1ccc2ccccc2c1.